The molecule has 1 aliphatic rings. The van der Waals surface area contributed by atoms with Crippen molar-refractivity contribution in [1.29, 1.82) is 0 Å². The van der Waals surface area contributed by atoms with Crippen LogP contribution in [0.5, 0.6) is 0 Å². The van der Waals surface area contributed by atoms with Gasteiger partial charge in [-0.15, -0.1) is 0 Å². The van der Waals surface area contributed by atoms with E-state index in [1.54, 1.807) is 23.1 Å². The Labute approximate surface area is 187 Å². The van der Waals surface area contributed by atoms with Crippen LogP contribution in [0, 0.1) is 0 Å². The number of anilines is 1. The van der Waals surface area contributed by atoms with Crippen molar-refractivity contribution in [3.05, 3.63) is 65.2 Å². The molecule has 31 heavy (non-hydrogen) atoms. The number of hydrogen-bond acceptors (Lipinski definition) is 3. The number of piperidine rings is 1. The van der Waals surface area contributed by atoms with Crippen LogP contribution in [-0.4, -0.2) is 47.9 Å². The number of nitrogens with one attached hydrogen (secondary N) is 3. The summed E-state index contributed by atoms with van der Waals surface area (Å²) in [6, 6.07) is 15.8. The second-order valence-corrected chi connectivity index (χ2v) is 8.03. The highest BCUT2D eigenvalue weighted by atomic mass is 35.5. The first kappa shape index (κ1) is 22.6. The summed E-state index contributed by atoms with van der Waals surface area (Å²) in [5, 5.41) is 9.08. The van der Waals surface area contributed by atoms with E-state index in [1.165, 1.54) is 6.92 Å². The highest BCUT2D eigenvalue weighted by Gasteiger charge is 2.27. The van der Waals surface area contributed by atoms with Gasteiger partial charge in [-0.2, -0.15) is 0 Å². The lowest BCUT2D eigenvalue weighted by molar-refractivity contribution is -0.128. The van der Waals surface area contributed by atoms with Gasteiger partial charge in [0, 0.05) is 32.5 Å². The van der Waals surface area contributed by atoms with Crippen molar-refractivity contribution < 1.29 is 14.4 Å². The molecule has 0 aliphatic carbocycles. The summed E-state index contributed by atoms with van der Waals surface area (Å²) in [7, 11) is 0. The van der Waals surface area contributed by atoms with Crippen LogP contribution in [0.15, 0.2) is 54.6 Å². The maximum Gasteiger partial charge on any atom is 0.321 e. The molecule has 0 radical (unpaired) electrons. The Balaban J connectivity index is 1.51. The van der Waals surface area contributed by atoms with Crippen LogP contribution in [0.4, 0.5) is 10.5 Å². The monoisotopic (exact) mass is 442 g/mol. The number of urea groups is 1. The number of amides is 4. The molecule has 0 aromatic heterocycles. The topological polar surface area (TPSA) is 90.5 Å². The minimum Gasteiger partial charge on any atom is -0.351 e. The van der Waals surface area contributed by atoms with Crippen molar-refractivity contribution >= 4 is 35.1 Å². The van der Waals surface area contributed by atoms with Crippen molar-refractivity contribution in [2.45, 2.75) is 38.3 Å². The first-order chi connectivity index (χ1) is 14.9. The van der Waals surface area contributed by atoms with Gasteiger partial charge in [0.1, 0.15) is 6.04 Å². The maximum atomic E-state index is 12.8. The molecule has 7 nitrogen and oxygen atoms in total. The standard InChI is InChI=1S/C23H27ClN4O3/c1-16(29)25-21(15-17-7-3-2-4-8-17)22(30)26-18-11-13-28(14-12-18)23(31)27-20-10-6-5-9-19(20)24/h2-10,18,21H,11-15H2,1H3,(H,25,29)(H,26,30)(H,27,31)/t21-/m1/s1. The first-order valence-electron chi connectivity index (χ1n) is 10.3. The normalized spacial score (nSPS) is 15.1. The summed E-state index contributed by atoms with van der Waals surface area (Å²) in [6.07, 6.45) is 1.70. The van der Waals surface area contributed by atoms with E-state index in [1.807, 2.05) is 36.4 Å². The molecule has 2 aromatic rings. The number of rotatable bonds is 6. The molecule has 0 spiro atoms. The summed E-state index contributed by atoms with van der Waals surface area (Å²) in [5.41, 5.74) is 1.55. The van der Waals surface area contributed by atoms with Gasteiger partial charge in [0.2, 0.25) is 11.8 Å². The number of nitrogens with zero attached hydrogens (tertiary/aromatic N) is 1. The van der Waals surface area contributed by atoms with Crippen LogP contribution in [0.1, 0.15) is 25.3 Å². The van der Waals surface area contributed by atoms with Crippen LogP contribution in [0.3, 0.4) is 0 Å². The Hall–Kier alpha value is -3.06. The molecule has 1 aliphatic heterocycles. The molecule has 1 fully saturated rings. The van der Waals surface area contributed by atoms with Gasteiger partial charge in [0.15, 0.2) is 0 Å². The Kier molecular flexibility index (Phi) is 7.89. The SMILES string of the molecule is CC(=O)N[C@H](Cc1ccccc1)C(=O)NC1CCN(C(=O)Nc2ccccc2Cl)CC1. The fourth-order valence-electron chi connectivity index (χ4n) is 3.59. The average Bonchev–Trinajstić information content (AvgIpc) is 2.76. The van der Waals surface area contributed by atoms with Gasteiger partial charge in [0.25, 0.3) is 0 Å². The highest BCUT2D eigenvalue weighted by molar-refractivity contribution is 6.33. The Morgan fingerprint density at radius 2 is 1.68 bits per heavy atom. The van der Waals surface area contributed by atoms with Gasteiger partial charge in [-0.05, 0) is 30.5 Å². The zero-order valence-electron chi connectivity index (χ0n) is 17.4. The summed E-state index contributed by atoms with van der Waals surface area (Å²) in [4.78, 5) is 38.6. The Bertz CT molecular complexity index is 914. The first-order valence-corrected chi connectivity index (χ1v) is 10.7. The van der Waals surface area contributed by atoms with E-state index >= 15 is 0 Å². The predicted molar refractivity (Wildman–Crippen MR) is 121 cm³/mol. The molecular weight excluding hydrogens is 416 g/mol. The number of hydrogen-bond donors (Lipinski definition) is 3. The van der Waals surface area contributed by atoms with Crippen molar-refractivity contribution in [2.24, 2.45) is 0 Å². The number of carbonyl (C=O) groups excluding carboxylic acids is 3. The van der Waals surface area contributed by atoms with E-state index in [4.69, 9.17) is 11.6 Å². The van der Waals surface area contributed by atoms with E-state index in [-0.39, 0.29) is 23.9 Å². The Morgan fingerprint density at radius 1 is 1.03 bits per heavy atom. The van der Waals surface area contributed by atoms with Crippen LogP contribution in [0.2, 0.25) is 5.02 Å². The summed E-state index contributed by atoms with van der Waals surface area (Å²) < 4.78 is 0. The van der Waals surface area contributed by atoms with Gasteiger partial charge in [0.05, 0.1) is 10.7 Å². The lowest BCUT2D eigenvalue weighted by Gasteiger charge is -2.33. The molecule has 164 valence electrons. The molecule has 8 heteroatoms. The van der Waals surface area contributed by atoms with Crippen molar-refractivity contribution in [3.8, 4) is 0 Å². The predicted octanol–water partition coefficient (Wildman–Crippen LogP) is 3.20. The van der Waals surface area contributed by atoms with Crippen LogP contribution in [0.25, 0.3) is 0 Å². The zero-order chi connectivity index (χ0) is 22.2. The fourth-order valence-corrected chi connectivity index (χ4v) is 3.77. The van der Waals surface area contributed by atoms with Gasteiger partial charge in [-0.1, -0.05) is 54.1 Å². The maximum absolute atomic E-state index is 12.8. The van der Waals surface area contributed by atoms with Gasteiger partial charge < -0.3 is 20.9 Å². The smallest absolute Gasteiger partial charge is 0.321 e. The Morgan fingerprint density at radius 3 is 2.32 bits per heavy atom. The molecule has 4 amide bonds. The minimum atomic E-state index is -0.638. The average molecular weight is 443 g/mol. The molecule has 1 heterocycles. The van der Waals surface area contributed by atoms with Crippen LogP contribution in [-0.2, 0) is 16.0 Å². The van der Waals surface area contributed by atoms with E-state index < -0.39 is 6.04 Å². The molecule has 3 rings (SSSR count). The fraction of sp³-hybridized carbons (Fsp3) is 0.348. The second-order valence-electron chi connectivity index (χ2n) is 7.62. The molecule has 1 saturated heterocycles. The quantitative estimate of drug-likeness (QED) is 0.641. The van der Waals surface area contributed by atoms with Crippen LogP contribution >= 0.6 is 11.6 Å². The number of carbonyl (C=O) groups is 3. The third-order valence-electron chi connectivity index (χ3n) is 5.22. The molecular formula is C23H27ClN4O3. The lowest BCUT2D eigenvalue weighted by atomic mass is 10.0. The number of halogens is 1. The third-order valence-corrected chi connectivity index (χ3v) is 5.55. The number of para-hydroxylation sites is 1. The molecule has 0 saturated carbocycles. The van der Waals surface area contributed by atoms with Crippen LogP contribution < -0.4 is 16.0 Å². The van der Waals surface area contributed by atoms with Crippen molar-refractivity contribution in [3.63, 3.8) is 0 Å². The van der Waals surface area contributed by atoms with E-state index in [9.17, 15) is 14.4 Å². The number of benzene rings is 2. The molecule has 2 aromatic carbocycles. The largest absolute Gasteiger partial charge is 0.351 e. The molecule has 0 bridgehead atoms. The third kappa shape index (κ3) is 6.72. The highest BCUT2D eigenvalue weighted by Crippen LogP contribution is 2.21. The van der Waals surface area contributed by atoms with Gasteiger partial charge >= 0.3 is 6.03 Å². The van der Waals surface area contributed by atoms with Gasteiger partial charge in [-0.3, -0.25) is 9.59 Å². The minimum absolute atomic E-state index is 0.0519. The van der Waals surface area contributed by atoms with E-state index in [0.717, 1.165) is 5.56 Å². The van der Waals surface area contributed by atoms with Crippen molar-refractivity contribution in [2.75, 3.05) is 18.4 Å². The lowest BCUT2D eigenvalue weighted by Crippen LogP contribution is -2.53. The molecule has 0 unspecified atom stereocenters. The summed E-state index contributed by atoms with van der Waals surface area (Å²) in [5.74, 6) is -0.458. The summed E-state index contributed by atoms with van der Waals surface area (Å²) in [6.45, 7) is 2.44. The van der Waals surface area contributed by atoms with Gasteiger partial charge in [-0.25, -0.2) is 4.79 Å². The second kappa shape index (κ2) is 10.8. The zero-order valence-corrected chi connectivity index (χ0v) is 18.2. The summed E-state index contributed by atoms with van der Waals surface area (Å²) >= 11 is 6.10. The number of likely N-dealkylation sites (tertiary alicyclic amines) is 1. The van der Waals surface area contributed by atoms with Crippen molar-refractivity contribution in [1.82, 2.24) is 15.5 Å². The van der Waals surface area contributed by atoms with E-state index in [0.29, 0.717) is 43.1 Å². The molecule has 1 atom stereocenters. The van der Waals surface area contributed by atoms with E-state index in [2.05, 4.69) is 16.0 Å². The molecule has 3 N–H and O–H groups in total.